The summed E-state index contributed by atoms with van der Waals surface area (Å²) < 4.78 is 0. The topological polar surface area (TPSA) is 55.9 Å². The van der Waals surface area contributed by atoms with Gasteiger partial charge in [0.25, 0.3) is 0 Å². The van der Waals surface area contributed by atoms with Gasteiger partial charge in [0.1, 0.15) is 0 Å². The number of nitrogens with zero attached hydrogens (tertiary/aromatic N) is 3. The van der Waals surface area contributed by atoms with Gasteiger partial charge < -0.3 is 20.0 Å². The molecule has 146 valence electrons. The summed E-state index contributed by atoms with van der Waals surface area (Å²) in [7, 11) is 3.62. The molecule has 4 rings (SSSR count). The van der Waals surface area contributed by atoms with Crippen LogP contribution < -0.4 is 5.32 Å². The van der Waals surface area contributed by atoms with Gasteiger partial charge in [-0.1, -0.05) is 24.3 Å². The molecule has 27 heavy (non-hydrogen) atoms. The van der Waals surface area contributed by atoms with E-state index in [0.717, 1.165) is 19.6 Å². The molecule has 3 atom stereocenters. The highest BCUT2D eigenvalue weighted by Crippen LogP contribution is 2.46. The Bertz CT molecular complexity index is 731. The van der Waals surface area contributed by atoms with Gasteiger partial charge in [-0.3, -0.25) is 4.79 Å². The highest BCUT2D eigenvalue weighted by Gasteiger charge is 2.50. The number of carbonyl (C=O) groups excluding carboxylic acids is 2. The molecule has 2 heterocycles. The van der Waals surface area contributed by atoms with E-state index in [1.54, 1.807) is 4.90 Å². The molecule has 2 saturated heterocycles. The van der Waals surface area contributed by atoms with Crippen LogP contribution in [0, 0.1) is 18.8 Å². The number of carbonyl (C=O) groups is 2. The number of hydrogen-bond acceptors (Lipinski definition) is 3. The smallest absolute Gasteiger partial charge is 0.320 e. The van der Waals surface area contributed by atoms with Crippen molar-refractivity contribution in [2.45, 2.75) is 31.8 Å². The first-order valence-electron chi connectivity index (χ1n) is 10.0. The minimum Gasteiger partial charge on any atom is -0.341 e. The van der Waals surface area contributed by atoms with E-state index < -0.39 is 0 Å². The van der Waals surface area contributed by atoms with Gasteiger partial charge in [0.2, 0.25) is 5.91 Å². The molecular weight excluding hydrogens is 340 g/mol. The van der Waals surface area contributed by atoms with Crippen molar-refractivity contribution < 1.29 is 9.59 Å². The maximum Gasteiger partial charge on any atom is 0.320 e. The molecule has 6 nitrogen and oxygen atoms in total. The number of hydrogen-bond donors (Lipinski definition) is 1. The van der Waals surface area contributed by atoms with Crippen molar-refractivity contribution in [3.05, 3.63) is 35.4 Å². The van der Waals surface area contributed by atoms with E-state index in [2.05, 4.69) is 24.4 Å². The minimum atomic E-state index is 0.0419. The first-order valence-corrected chi connectivity index (χ1v) is 10.0. The quantitative estimate of drug-likeness (QED) is 0.880. The highest BCUT2D eigenvalue weighted by atomic mass is 16.2. The SMILES string of the molecule is Cc1ccccc1[C@H]1[C@@H]2CN(C(=O)CNC3CC3)C[C@@H]2CN1C(=O)N(C)C. The van der Waals surface area contributed by atoms with Gasteiger partial charge >= 0.3 is 6.03 Å². The molecule has 3 amide bonds. The molecule has 3 fully saturated rings. The fourth-order valence-corrected chi connectivity index (χ4v) is 4.65. The van der Waals surface area contributed by atoms with Crippen LogP contribution in [0.3, 0.4) is 0 Å². The van der Waals surface area contributed by atoms with Crippen LogP contribution in [0.25, 0.3) is 0 Å². The Morgan fingerprint density at radius 3 is 2.56 bits per heavy atom. The molecular formula is C21H30N4O2. The van der Waals surface area contributed by atoms with Crippen molar-refractivity contribution in [3.8, 4) is 0 Å². The van der Waals surface area contributed by atoms with Crippen molar-refractivity contribution in [1.29, 1.82) is 0 Å². The van der Waals surface area contributed by atoms with Crippen LogP contribution in [0.1, 0.15) is 30.0 Å². The Labute approximate surface area is 161 Å². The van der Waals surface area contributed by atoms with Crippen molar-refractivity contribution >= 4 is 11.9 Å². The fourth-order valence-electron chi connectivity index (χ4n) is 4.65. The van der Waals surface area contributed by atoms with E-state index >= 15 is 0 Å². The minimum absolute atomic E-state index is 0.0419. The lowest BCUT2D eigenvalue weighted by molar-refractivity contribution is -0.129. The second-order valence-electron chi connectivity index (χ2n) is 8.51. The summed E-state index contributed by atoms with van der Waals surface area (Å²) in [4.78, 5) is 31.1. The van der Waals surface area contributed by atoms with Gasteiger partial charge in [-0.15, -0.1) is 0 Å². The second kappa shape index (κ2) is 7.15. The van der Waals surface area contributed by atoms with Gasteiger partial charge in [0.05, 0.1) is 12.6 Å². The first kappa shape index (κ1) is 18.3. The largest absolute Gasteiger partial charge is 0.341 e. The Morgan fingerprint density at radius 2 is 1.89 bits per heavy atom. The van der Waals surface area contributed by atoms with E-state index in [4.69, 9.17) is 0 Å². The van der Waals surface area contributed by atoms with E-state index in [9.17, 15) is 9.59 Å². The zero-order chi connectivity index (χ0) is 19.1. The molecule has 0 spiro atoms. The first-order chi connectivity index (χ1) is 13.0. The van der Waals surface area contributed by atoms with Crippen molar-refractivity contribution in [3.63, 3.8) is 0 Å². The summed E-state index contributed by atoms with van der Waals surface area (Å²) in [6, 6.07) is 8.98. The number of nitrogens with one attached hydrogen (secondary N) is 1. The van der Waals surface area contributed by atoms with Gasteiger partial charge in [-0.25, -0.2) is 4.79 Å². The number of aryl methyl sites for hydroxylation is 1. The van der Waals surface area contributed by atoms with Crippen LogP contribution in [0.5, 0.6) is 0 Å². The Morgan fingerprint density at radius 1 is 1.15 bits per heavy atom. The maximum absolute atomic E-state index is 12.8. The number of amides is 3. The maximum atomic E-state index is 12.8. The molecule has 0 unspecified atom stereocenters. The number of urea groups is 1. The van der Waals surface area contributed by atoms with Crippen LogP contribution in [0.4, 0.5) is 4.79 Å². The predicted octanol–water partition coefficient (Wildman–Crippen LogP) is 1.86. The fraction of sp³-hybridized carbons (Fsp3) is 0.619. The average molecular weight is 370 g/mol. The standard InChI is InChI=1S/C21H30N4O2/c1-14-6-4-5-7-17(14)20-18-13-24(19(26)10-22-16-8-9-16)11-15(18)12-25(20)21(27)23(2)3/h4-7,15-16,18,20,22H,8-13H2,1-3H3/t15-,18-,20+/m1/s1. The predicted molar refractivity (Wildman–Crippen MR) is 104 cm³/mol. The summed E-state index contributed by atoms with van der Waals surface area (Å²) in [6.07, 6.45) is 2.38. The molecule has 0 aromatic heterocycles. The van der Waals surface area contributed by atoms with Crippen molar-refractivity contribution in [2.24, 2.45) is 11.8 Å². The van der Waals surface area contributed by atoms with E-state index in [1.165, 1.54) is 24.0 Å². The average Bonchev–Trinajstić information content (AvgIpc) is 3.28. The number of rotatable bonds is 4. The highest BCUT2D eigenvalue weighted by molar-refractivity contribution is 5.79. The summed E-state index contributed by atoms with van der Waals surface area (Å²) in [5, 5.41) is 3.33. The Kier molecular flexibility index (Phi) is 4.84. The molecule has 0 radical (unpaired) electrons. The summed E-state index contributed by atoms with van der Waals surface area (Å²) in [5.74, 6) is 0.855. The van der Waals surface area contributed by atoms with E-state index in [-0.39, 0.29) is 18.0 Å². The van der Waals surface area contributed by atoms with Gasteiger partial charge in [0, 0.05) is 51.6 Å². The number of likely N-dealkylation sites (tertiary alicyclic amines) is 2. The third kappa shape index (κ3) is 3.55. The summed E-state index contributed by atoms with van der Waals surface area (Å²) in [5.41, 5.74) is 2.42. The number of benzene rings is 1. The van der Waals surface area contributed by atoms with Crippen LogP contribution >= 0.6 is 0 Å². The van der Waals surface area contributed by atoms with Crippen LogP contribution in [0.15, 0.2) is 24.3 Å². The monoisotopic (exact) mass is 370 g/mol. The molecule has 1 saturated carbocycles. The zero-order valence-corrected chi connectivity index (χ0v) is 16.5. The lowest BCUT2D eigenvalue weighted by Crippen LogP contribution is -2.43. The summed E-state index contributed by atoms with van der Waals surface area (Å²) >= 11 is 0. The molecule has 1 aliphatic carbocycles. The van der Waals surface area contributed by atoms with Gasteiger partial charge in [-0.2, -0.15) is 0 Å². The molecule has 1 N–H and O–H groups in total. The molecule has 0 bridgehead atoms. The lowest BCUT2D eigenvalue weighted by atomic mass is 9.88. The van der Waals surface area contributed by atoms with Crippen molar-refractivity contribution in [1.82, 2.24) is 20.0 Å². The van der Waals surface area contributed by atoms with Crippen LogP contribution in [-0.4, -0.2) is 73.0 Å². The van der Waals surface area contributed by atoms with Crippen molar-refractivity contribution in [2.75, 3.05) is 40.3 Å². The lowest BCUT2D eigenvalue weighted by Gasteiger charge is -2.32. The normalized spacial score (nSPS) is 27.0. The van der Waals surface area contributed by atoms with Gasteiger partial charge in [-0.05, 0) is 30.9 Å². The zero-order valence-electron chi connectivity index (χ0n) is 16.5. The molecule has 3 aliphatic rings. The molecule has 1 aromatic carbocycles. The van der Waals surface area contributed by atoms with Crippen LogP contribution in [-0.2, 0) is 4.79 Å². The van der Waals surface area contributed by atoms with E-state index in [0.29, 0.717) is 24.4 Å². The van der Waals surface area contributed by atoms with Gasteiger partial charge in [0.15, 0.2) is 0 Å². The third-order valence-electron chi connectivity index (χ3n) is 6.27. The number of fused-ring (bicyclic) bond motifs is 1. The Hall–Kier alpha value is -2.08. The Balaban J connectivity index is 1.54. The second-order valence-corrected chi connectivity index (χ2v) is 8.51. The third-order valence-corrected chi connectivity index (χ3v) is 6.27. The summed E-state index contributed by atoms with van der Waals surface area (Å²) in [6.45, 7) is 4.78. The van der Waals surface area contributed by atoms with Crippen LogP contribution in [0.2, 0.25) is 0 Å². The van der Waals surface area contributed by atoms with E-state index in [1.807, 2.05) is 36.0 Å². The molecule has 1 aromatic rings. The molecule has 2 aliphatic heterocycles. The molecule has 6 heteroatoms.